The monoisotopic (exact) mass is 657 g/mol. The molecule has 3 aliphatic rings. The Labute approximate surface area is 302 Å². The Morgan fingerprint density at radius 3 is 2.00 bits per heavy atom. The van der Waals surface area contributed by atoms with Crippen molar-refractivity contribution in [3.8, 4) is 33.4 Å². The number of para-hydroxylation sites is 1. The number of hydrogen-bond acceptors (Lipinski definition) is 1. The van der Waals surface area contributed by atoms with Gasteiger partial charge in [0.1, 0.15) is 0 Å². The van der Waals surface area contributed by atoms with Crippen LogP contribution in [0.5, 0.6) is 0 Å². The summed E-state index contributed by atoms with van der Waals surface area (Å²) in [6, 6.07) is 59.0. The van der Waals surface area contributed by atoms with Gasteiger partial charge in [0.05, 0.1) is 5.69 Å². The Bertz CT molecular complexity index is 2440. The first-order valence-electron chi connectivity index (χ1n) is 18.9. The van der Waals surface area contributed by atoms with Gasteiger partial charge in [-0.15, -0.1) is 0 Å². The lowest BCUT2D eigenvalue weighted by Crippen LogP contribution is -2.17. The molecule has 1 heteroatoms. The van der Waals surface area contributed by atoms with Gasteiger partial charge in [0, 0.05) is 22.4 Å². The van der Waals surface area contributed by atoms with E-state index in [-0.39, 0.29) is 5.41 Å². The van der Waals surface area contributed by atoms with Crippen LogP contribution >= 0.6 is 0 Å². The molecule has 2 saturated carbocycles. The maximum absolute atomic E-state index is 2.48. The van der Waals surface area contributed by atoms with Gasteiger partial charge in [0.2, 0.25) is 0 Å². The summed E-state index contributed by atoms with van der Waals surface area (Å²) in [7, 11) is 0. The molecule has 0 aliphatic heterocycles. The van der Waals surface area contributed by atoms with Gasteiger partial charge in [0.15, 0.2) is 0 Å². The number of anilines is 3. The summed E-state index contributed by atoms with van der Waals surface area (Å²) in [6.07, 6.45) is 5.62. The highest BCUT2D eigenvalue weighted by molar-refractivity contribution is 6.00. The van der Waals surface area contributed by atoms with E-state index < -0.39 is 0 Å². The highest BCUT2D eigenvalue weighted by atomic mass is 15.1. The van der Waals surface area contributed by atoms with Gasteiger partial charge in [0.25, 0.3) is 0 Å². The molecule has 7 aromatic rings. The second-order valence-corrected chi connectivity index (χ2v) is 15.7. The van der Waals surface area contributed by atoms with E-state index in [1.165, 1.54) is 92.3 Å². The van der Waals surface area contributed by atoms with Crippen molar-refractivity contribution in [3.05, 3.63) is 174 Å². The molecule has 1 nitrogen and oxygen atoms in total. The van der Waals surface area contributed by atoms with E-state index in [1.54, 1.807) is 5.56 Å². The number of benzene rings is 7. The first-order valence-corrected chi connectivity index (χ1v) is 18.9. The second kappa shape index (κ2) is 11.8. The number of nitrogens with zero attached hydrogens (tertiary/aromatic N) is 1. The molecular weight excluding hydrogens is 615 g/mol. The minimum atomic E-state index is -0.0894. The van der Waals surface area contributed by atoms with E-state index in [0.717, 1.165) is 17.5 Å². The van der Waals surface area contributed by atoms with Crippen LogP contribution in [0.3, 0.4) is 0 Å². The van der Waals surface area contributed by atoms with Crippen molar-refractivity contribution in [1.82, 2.24) is 0 Å². The summed E-state index contributed by atoms with van der Waals surface area (Å²) in [5.41, 5.74) is 15.4. The summed E-state index contributed by atoms with van der Waals surface area (Å²) in [6.45, 7) is 4.74. The first-order chi connectivity index (χ1) is 25.0. The molecule has 0 saturated heterocycles. The summed E-state index contributed by atoms with van der Waals surface area (Å²) >= 11 is 0. The SMILES string of the molecule is CC1(C)c2ccccc2-c2ccc(N(c3cccc(-c4ccc(C5CC6CCC5C6)c5ccccc45)c3)c3ccccc3-c3ccccc3)cc21. The molecule has 0 radical (unpaired) electrons. The Balaban J connectivity index is 1.14. The van der Waals surface area contributed by atoms with E-state index in [4.69, 9.17) is 0 Å². The molecule has 51 heavy (non-hydrogen) atoms. The topological polar surface area (TPSA) is 3.24 Å². The molecule has 2 fully saturated rings. The minimum absolute atomic E-state index is 0.0894. The van der Waals surface area contributed by atoms with Crippen molar-refractivity contribution >= 4 is 27.8 Å². The quantitative estimate of drug-likeness (QED) is 0.172. The Morgan fingerprint density at radius 1 is 0.490 bits per heavy atom. The highest BCUT2D eigenvalue weighted by Crippen LogP contribution is 2.55. The fraction of sp³-hybridized carbons (Fsp3) is 0.200. The Hall–Kier alpha value is -5.40. The zero-order chi connectivity index (χ0) is 34.1. The zero-order valence-corrected chi connectivity index (χ0v) is 29.5. The van der Waals surface area contributed by atoms with Gasteiger partial charge in [-0.3, -0.25) is 0 Å². The van der Waals surface area contributed by atoms with Crippen LogP contribution in [0.4, 0.5) is 17.1 Å². The van der Waals surface area contributed by atoms with Crippen molar-refractivity contribution in [2.24, 2.45) is 11.8 Å². The Kier molecular flexibility index (Phi) is 7.07. The molecular formula is C50H43N. The van der Waals surface area contributed by atoms with Gasteiger partial charge in [-0.1, -0.05) is 148 Å². The third-order valence-corrected chi connectivity index (χ3v) is 12.6. The molecule has 0 N–H and O–H groups in total. The average molecular weight is 658 g/mol. The molecule has 0 heterocycles. The van der Waals surface area contributed by atoms with Crippen LogP contribution < -0.4 is 4.90 Å². The van der Waals surface area contributed by atoms with Crippen LogP contribution in [0, 0.1) is 11.8 Å². The fourth-order valence-electron chi connectivity index (χ4n) is 10.1. The average Bonchev–Trinajstić information content (AvgIpc) is 3.88. The molecule has 3 atom stereocenters. The lowest BCUT2D eigenvalue weighted by Gasteiger charge is -2.30. The van der Waals surface area contributed by atoms with E-state index in [1.807, 2.05) is 0 Å². The maximum Gasteiger partial charge on any atom is 0.0540 e. The van der Waals surface area contributed by atoms with Crippen molar-refractivity contribution < 1.29 is 0 Å². The van der Waals surface area contributed by atoms with Crippen molar-refractivity contribution in [2.75, 3.05) is 4.90 Å². The second-order valence-electron chi connectivity index (χ2n) is 15.7. The van der Waals surface area contributed by atoms with Gasteiger partial charge >= 0.3 is 0 Å². The summed E-state index contributed by atoms with van der Waals surface area (Å²) in [4.78, 5) is 2.48. The molecule has 10 rings (SSSR count). The molecule has 7 aromatic carbocycles. The molecule has 0 spiro atoms. The van der Waals surface area contributed by atoms with E-state index in [2.05, 4.69) is 176 Å². The molecule has 0 amide bonds. The van der Waals surface area contributed by atoms with E-state index >= 15 is 0 Å². The molecule has 0 aromatic heterocycles. The number of fused-ring (bicyclic) bond motifs is 6. The van der Waals surface area contributed by atoms with Crippen molar-refractivity contribution in [3.63, 3.8) is 0 Å². The lowest BCUT2D eigenvalue weighted by molar-refractivity contribution is 0.422. The fourth-order valence-corrected chi connectivity index (χ4v) is 10.1. The van der Waals surface area contributed by atoms with Gasteiger partial charge in [-0.25, -0.2) is 0 Å². The van der Waals surface area contributed by atoms with Crippen LogP contribution in [-0.2, 0) is 5.41 Å². The van der Waals surface area contributed by atoms with Crippen LogP contribution in [0.25, 0.3) is 44.2 Å². The molecule has 3 unspecified atom stereocenters. The molecule has 248 valence electrons. The zero-order valence-electron chi connectivity index (χ0n) is 29.5. The van der Waals surface area contributed by atoms with Crippen LogP contribution in [0.15, 0.2) is 158 Å². The van der Waals surface area contributed by atoms with E-state index in [0.29, 0.717) is 5.92 Å². The molecule has 3 aliphatic carbocycles. The first kappa shape index (κ1) is 30.4. The summed E-state index contributed by atoms with van der Waals surface area (Å²) in [5.74, 6) is 2.49. The van der Waals surface area contributed by atoms with Crippen LogP contribution in [0.2, 0.25) is 0 Å². The van der Waals surface area contributed by atoms with Crippen molar-refractivity contribution in [2.45, 2.75) is 50.9 Å². The summed E-state index contributed by atoms with van der Waals surface area (Å²) in [5, 5.41) is 2.80. The van der Waals surface area contributed by atoms with Gasteiger partial charge in [-0.2, -0.15) is 0 Å². The smallest absolute Gasteiger partial charge is 0.0540 e. The predicted octanol–water partition coefficient (Wildman–Crippen LogP) is 13.9. The third-order valence-electron chi connectivity index (χ3n) is 12.6. The van der Waals surface area contributed by atoms with E-state index in [9.17, 15) is 0 Å². The largest absolute Gasteiger partial charge is 0.310 e. The summed E-state index contributed by atoms with van der Waals surface area (Å²) < 4.78 is 0. The van der Waals surface area contributed by atoms with Gasteiger partial charge in [-0.05, 0) is 123 Å². The standard InChI is InChI=1S/C50H43N/c1-50(2)47-21-10-8-20-44(47)45-26-25-38(32-48(45)50)51(49-22-11-9-17-40(49)34-13-4-3-5-14-34)37-16-12-15-35(31-37)39-27-28-43(42-19-7-6-18-41(39)42)46-30-33-23-24-36(46)29-33/h3-22,25-28,31-33,36,46H,23-24,29-30H2,1-2H3. The maximum atomic E-state index is 2.48. The number of hydrogen-bond donors (Lipinski definition) is 0. The lowest BCUT2D eigenvalue weighted by atomic mass is 9.80. The predicted molar refractivity (Wildman–Crippen MR) is 215 cm³/mol. The van der Waals surface area contributed by atoms with Crippen molar-refractivity contribution in [1.29, 1.82) is 0 Å². The highest BCUT2D eigenvalue weighted by Gasteiger charge is 2.41. The van der Waals surface area contributed by atoms with Gasteiger partial charge < -0.3 is 4.90 Å². The minimum Gasteiger partial charge on any atom is -0.310 e. The third kappa shape index (κ3) is 4.89. The molecule has 2 bridgehead atoms. The normalized spacial score (nSPS) is 19.6. The van der Waals surface area contributed by atoms with Crippen LogP contribution in [0.1, 0.15) is 62.1 Å². The number of rotatable bonds is 6. The van der Waals surface area contributed by atoms with Crippen LogP contribution in [-0.4, -0.2) is 0 Å². The Morgan fingerprint density at radius 2 is 1.18 bits per heavy atom.